The minimum absolute atomic E-state index is 0. The van der Waals surface area contributed by atoms with Crippen molar-refractivity contribution in [1.29, 1.82) is 0 Å². The van der Waals surface area contributed by atoms with E-state index in [4.69, 9.17) is 14.7 Å². The monoisotopic (exact) mass is 1400 g/mol. The number of ether oxygens (including phenoxy) is 1. The van der Waals surface area contributed by atoms with Crippen molar-refractivity contribution in [3.8, 4) is 22.9 Å². The first kappa shape index (κ1) is 55.5. The number of para-hydroxylation sites is 8. The molecule has 0 atom stereocenters. The molecule has 79 heavy (non-hydrogen) atoms. The minimum Gasteiger partial charge on any atom is -0.508 e. The number of rotatable bonds is 13. The fourth-order valence-corrected chi connectivity index (χ4v) is 10.8. The molecule has 0 bridgehead atoms. The maximum absolute atomic E-state index is 6.74. The molecule has 13 rings (SSSR count). The molecule has 11 nitrogen and oxygen atoms in total. The van der Waals surface area contributed by atoms with Gasteiger partial charge in [0.05, 0.1) is 0 Å². The average molecular weight is 1400 g/mol. The molecule has 2 saturated heterocycles. The number of hydrogen-bond acceptors (Lipinski definition) is 11. The normalized spacial score (nSPS) is 15.3. The summed E-state index contributed by atoms with van der Waals surface area (Å²) in [7, 11) is 2.07. The second-order valence-electron chi connectivity index (χ2n) is 21.2. The third kappa shape index (κ3) is 12.0. The zero-order chi connectivity index (χ0) is 52.3. The SMILES string of the molecule is CN1[CH-]N(c2[c-]c(Oc3[c-]c(-c4[c-]cc(N5CCCC5)cn4)ncc3N3CCCC3)cc(C(C)(C)C)c2)c2ccccc21.[Ir].[Pt].[c-]1ccccc1N1[CH-]N(CCCCN2[CH-]N(c3[c-]cccc3)c3ccccc32)c2ccccc21. The van der Waals surface area contributed by atoms with Gasteiger partial charge in [-0.1, -0.05) is 57.2 Å². The molecule has 0 unspecified atom stereocenters. The molecule has 5 aliphatic heterocycles. The van der Waals surface area contributed by atoms with E-state index in [0.717, 1.165) is 105 Å². The van der Waals surface area contributed by atoms with E-state index in [1.54, 1.807) is 0 Å². The van der Waals surface area contributed by atoms with Gasteiger partial charge in [-0.25, -0.2) is 6.07 Å². The summed E-state index contributed by atoms with van der Waals surface area (Å²) >= 11 is 0. The number of aromatic nitrogens is 2. The van der Waals surface area contributed by atoms with Crippen LogP contribution in [-0.2, 0) is 46.6 Å². The average Bonchev–Trinajstić information content (AvgIpc) is 4.54. The molecular formula is C66H64IrN10OPt-8. The molecule has 0 amide bonds. The number of pyridine rings is 2. The van der Waals surface area contributed by atoms with E-state index in [9.17, 15) is 0 Å². The van der Waals surface area contributed by atoms with Crippen molar-refractivity contribution in [3.05, 3.63) is 208 Å². The molecular weight excluding hydrogens is 1340 g/mol. The number of fused-ring (bicyclic) bond motifs is 3. The summed E-state index contributed by atoms with van der Waals surface area (Å²) in [6.45, 7) is 19.3. The van der Waals surface area contributed by atoms with E-state index in [1.807, 2.05) is 42.7 Å². The van der Waals surface area contributed by atoms with Crippen molar-refractivity contribution < 1.29 is 45.9 Å². The first-order valence-corrected chi connectivity index (χ1v) is 27.2. The third-order valence-electron chi connectivity index (χ3n) is 14.9. The van der Waals surface area contributed by atoms with Crippen molar-refractivity contribution in [2.75, 3.05) is 85.5 Å². The van der Waals surface area contributed by atoms with E-state index < -0.39 is 0 Å². The molecule has 5 aliphatic rings. The summed E-state index contributed by atoms with van der Waals surface area (Å²) in [5.74, 6) is 1.29. The standard InChI is InChI=1S/C36H38N6O.C30H26N4.Ir.Pt/c1-36(2,3)26-19-28(42-25-39(4)32-11-5-6-12-33(32)42)21-29(20-26)43-35-22-31(38-24-34(35)41-17-9-10-18-41)30-14-13-27(23-37-30)40-15-7-8-16-40;1-3-13-25(14-4-1)33-23-31(27-17-7-9-19-29(27)33)21-11-12-22-32-24-34(26-15-5-2-6-16-26)30-20-10-8-18-28(30)32;;/h5-6,11-13,19-20,23-25H,7-10,15-18H2,1-4H3;1-10,13,15,17-20,23-24H,11-12,21-22H2;;/q2*-4;;. The summed E-state index contributed by atoms with van der Waals surface area (Å²) < 4.78 is 6.74. The Morgan fingerprint density at radius 2 is 1.04 bits per heavy atom. The van der Waals surface area contributed by atoms with Gasteiger partial charge < -0.3 is 53.9 Å². The van der Waals surface area contributed by atoms with E-state index in [-0.39, 0.29) is 46.6 Å². The van der Waals surface area contributed by atoms with Crippen LogP contribution < -0.4 is 43.9 Å². The maximum atomic E-state index is 6.74. The van der Waals surface area contributed by atoms with Crippen molar-refractivity contribution in [1.82, 2.24) is 9.97 Å². The predicted octanol–water partition coefficient (Wildman–Crippen LogP) is 14.5. The fraction of sp³-hybridized carbons (Fsp3) is 0.258. The van der Waals surface area contributed by atoms with Gasteiger partial charge in [-0.15, -0.1) is 52.2 Å². The van der Waals surface area contributed by atoms with Crippen LogP contribution in [0.4, 0.5) is 62.6 Å². The van der Waals surface area contributed by atoms with Crippen LogP contribution in [0.1, 0.15) is 64.9 Å². The Kier molecular flexibility index (Phi) is 17.3. The van der Waals surface area contributed by atoms with E-state index in [1.165, 1.54) is 41.2 Å². The first-order valence-electron chi connectivity index (χ1n) is 27.2. The van der Waals surface area contributed by atoms with E-state index >= 15 is 0 Å². The van der Waals surface area contributed by atoms with Crippen LogP contribution in [0.15, 0.2) is 152 Å². The Bertz CT molecular complexity index is 3190. The molecule has 8 aromatic rings. The Morgan fingerprint density at radius 1 is 0.532 bits per heavy atom. The zero-order valence-corrected chi connectivity index (χ0v) is 49.8. The summed E-state index contributed by atoms with van der Waals surface area (Å²) in [5, 5.41) is 0. The summed E-state index contributed by atoms with van der Waals surface area (Å²) in [4.78, 5) is 27.7. The van der Waals surface area contributed by atoms with E-state index in [2.05, 4.69) is 227 Å². The Labute approximate surface area is 496 Å². The van der Waals surface area contributed by atoms with Gasteiger partial charge >= 0.3 is 0 Å². The Balaban J connectivity index is 0.000000178. The van der Waals surface area contributed by atoms with Gasteiger partial charge in [-0.3, -0.25) is 0 Å². The maximum Gasteiger partial charge on any atom is 0.0326 e. The second-order valence-corrected chi connectivity index (χ2v) is 21.2. The first-order chi connectivity index (χ1) is 37.7. The van der Waals surface area contributed by atoms with Crippen LogP contribution in [0.3, 0.4) is 0 Å². The molecule has 2 fully saturated rings. The molecule has 2 aromatic heterocycles. The van der Waals surface area contributed by atoms with Crippen LogP contribution >= 0.6 is 0 Å². The van der Waals surface area contributed by atoms with Crippen LogP contribution in [0, 0.1) is 50.3 Å². The number of hydrogen-bond donors (Lipinski definition) is 0. The summed E-state index contributed by atoms with van der Waals surface area (Å²) in [6, 6.07) is 65.4. The molecule has 411 valence electrons. The van der Waals surface area contributed by atoms with Gasteiger partial charge in [0.15, 0.2) is 0 Å². The van der Waals surface area contributed by atoms with Gasteiger partial charge in [0, 0.05) is 113 Å². The van der Waals surface area contributed by atoms with Gasteiger partial charge in [0.25, 0.3) is 0 Å². The fourth-order valence-electron chi connectivity index (χ4n) is 10.8. The smallest absolute Gasteiger partial charge is 0.0326 e. The molecule has 0 spiro atoms. The molecule has 1 radical (unpaired) electrons. The quantitative estimate of drug-likeness (QED) is 0.0819. The molecule has 7 heterocycles. The predicted molar refractivity (Wildman–Crippen MR) is 314 cm³/mol. The van der Waals surface area contributed by atoms with Crippen molar-refractivity contribution in [3.63, 3.8) is 0 Å². The Morgan fingerprint density at radius 3 is 1.57 bits per heavy atom. The molecule has 0 aliphatic carbocycles. The summed E-state index contributed by atoms with van der Waals surface area (Å²) in [5.41, 5.74) is 14.7. The number of anilines is 11. The molecule has 0 saturated carbocycles. The van der Waals surface area contributed by atoms with Crippen molar-refractivity contribution in [2.24, 2.45) is 0 Å². The zero-order valence-electron chi connectivity index (χ0n) is 45.2. The molecule has 13 heteroatoms. The van der Waals surface area contributed by atoms with Gasteiger partial charge in [0.2, 0.25) is 0 Å². The van der Waals surface area contributed by atoms with Gasteiger partial charge in [-0.2, -0.15) is 92.8 Å². The van der Waals surface area contributed by atoms with Gasteiger partial charge in [-0.05, 0) is 124 Å². The van der Waals surface area contributed by atoms with Crippen LogP contribution in [-0.4, -0.2) is 56.3 Å². The Hall–Kier alpha value is -6.84. The topological polar surface area (TPSA) is 60.9 Å². The molecule has 6 aromatic carbocycles. The van der Waals surface area contributed by atoms with Crippen LogP contribution in [0.5, 0.6) is 11.5 Å². The van der Waals surface area contributed by atoms with Crippen molar-refractivity contribution >= 4 is 62.6 Å². The summed E-state index contributed by atoms with van der Waals surface area (Å²) in [6.07, 6.45) is 10.8. The number of unbranched alkanes of at least 4 members (excludes halogenated alkanes) is 1. The largest absolute Gasteiger partial charge is 0.508 e. The minimum atomic E-state index is -0.0893. The number of nitrogens with zero attached hydrogens (tertiary/aromatic N) is 10. The second kappa shape index (κ2) is 24.7. The van der Waals surface area contributed by atoms with Crippen LogP contribution in [0.2, 0.25) is 0 Å². The van der Waals surface area contributed by atoms with Crippen LogP contribution in [0.25, 0.3) is 11.4 Å². The van der Waals surface area contributed by atoms with E-state index in [0.29, 0.717) is 22.9 Å². The van der Waals surface area contributed by atoms with Gasteiger partial charge in [0.1, 0.15) is 0 Å². The third-order valence-corrected chi connectivity index (χ3v) is 14.9. The van der Waals surface area contributed by atoms with Crippen molar-refractivity contribution in [2.45, 2.75) is 64.7 Å². The number of benzene rings is 6. The molecule has 0 N–H and O–H groups in total.